The average Bonchev–Trinajstić information content (AvgIpc) is 3.24. The van der Waals surface area contributed by atoms with Gasteiger partial charge in [0.05, 0.1) is 5.75 Å². The predicted octanol–water partition coefficient (Wildman–Crippen LogP) is 3.54. The number of unbranched alkanes of at least 4 members (excludes halogenated alkanes) is 13. The molecule has 1 radical (unpaired) electrons. The molecule has 0 fully saturated rings. The molecule has 31 heavy (non-hydrogen) atoms. The Hall–Kier alpha value is -1.84. The highest BCUT2D eigenvalue weighted by molar-refractivity contribution is 7.90. The maximum absolute atomic E-state index is 11.7. The summed E-state index contributed by atoms with van der Waals surface area (Å²) in [7, 11) is -3.62. The molecule has 0 bridgehead atoms. The minimum absolute atomic E-state index is 0.0682. The van der Waals surface area contributed by atoms with Crippen molar-refractivity contribution in [3.8, 4) is 0 Å². The first-order valence-electron chi connectivity index (χ1n) is 11.6. The van der Waals surface area contributed by atoms with E-state index in [1.54, 1.807) is 6.29 Å². The molecule has 0 unspecified atom stereocenters. The van der Waals surface area contributed by atoms with Gasteiger partial charge in [0.2, 0.25) is 15.9 Å². The number of tetrazole rings is 1. The van der Waals surface area contributed by atoms with Crippen LogP contribution in [0.5, 0.6) is 0 Å². The lowest BCUT2D eigenvalue weighted by Crippen LogP contribution is -2.32. The third-order valence-electron chi connectivity index (χ3n) is 5.17. The smallest absolute Gasteiger partial charge is 0.234 e. The summed E-state index contributed by atoms with van der Waals surface area (Å²) in [5.74, 6) is 0.206. The number of nitrogens with one attached hydrogen (secondary N) is 2. The number of aromatic amines is 1. The number of amides is 1. The Kier molecular flexibility index (Phi) is 15.6. The van der Waals surface area contributed by atoms with Gasteiger partial charge in [-0.3, -0.25) is 14.3 Å². The van der Waals surface area contributed by atoms with Crippen LogP contribution in [-0.2, 0) is 26.0 Å². The van der Waals surface area contributed by atoms with Crippen LogP contribution >= 0.6 is 0 Å². The first-order chi connectivity index (χ1) is 15.0. The lowest BCUT2D eigenvalue weighted by molar-refractivity contribution is -0.119. The Balaban J connectivity index is 1.80. The van der Waals surface area contributed by atoms with Crippen LogP contribution < -0.4 is 4.72 Å². The molecule has 0 aromatic carbocycles. The second kappa shape index (κ2) is 17.8. The molecular weight excluding hydrogens is 418 g/mol. The summed E-state index contributed by atoms with van der Waals surface area (Å²) in [6.45, 7) is 0. The normalized spacial score (nSPS) is 11.5. The maximum Gasteiger partial charge on any atom is 0.234 e. The van der Waals surface area contributed by atoms with E-state index in [0.29, 0.717) is 6.42 Å². The summed E-state index contributed by atoms with van der Waals surface area (Å²) >= 11 is 0. The van der Waals surface area contributed by atoms with Crippen molar-refractivity contribution in [3.05, 3.63) is 5.82 Å². The molecule has 0 aliphatic heterocycles. The highest BCUT2D eigenvalue weighted by Crippen LogP contribution is 2.13. The minimum atomic E-state index is -3.62. The zero-order valence-corrected chi connectivity index (χ0v) is 19.4. The third-order valence-corrected chi connectivity index (χ3v) is 6.53. The highest BCUT2D eigenvalue weighted by atomic mass is 32.2. The van der Waals surface area contributed by atoms with Gasteiger partial charge in [0, 0.05) is 19.3 Å². The Morgan fingerprint density at radius 1 is 0.839 bits per heavy atom. The monoisotopic (exact) mass is 456 g/mol. The number of aryl methyl sites for hydroxylation is 1. The lowest BCUT2D eigenvalue weighted by atomic mass is 10.0. The number of nitrogens with zero attached hydrogens (tertiary/aromatic N) is 3. The summed E-state index contributed by atoms with van der Waals surface area (Å²) in [5.41, 5.74) is 0. The number of hydrogen-bond acceptors (Lipinski definition) is 7. The summed E-state index contributed by atoms with van der Waals surface area (Å²) in [6, 6.07) is 0. The van der Waals surface area contributed by atoms with Crippen molar-refractivity contribution < 1.29 is 18.0 Å². The number of sulfonamides is 1. The highest BCUT2D eigenvalue weighted by Gasteiger charge is 2.13. The topological polar surface area (TPSA) is 135 Å². The van der Waals surface area contributed by atoms with E-state index in [2.05, 4.69) is 25.3 Å². The molecular formula is C21H38N5O4S. The summed E-state index contributed by atoms with van der Waals surface area (Å²) in [5, 5.41) is 13.8. The number of H-pyrrole nitrogens is 1. The van der Waals surface area contributed by atoms with Crippen LogP contribution in [-0.4, -0.2) is 47.0 Å². The summed E-state index contributed by atoms with van der Waals surface area (Å²) in [4.78, 5) is 21.8. The fraction of sp³-hybridized carbons (Fsp3) is 0.857. The van der Waals surface area contributed by atoms with E-state index in [1.807, 2.05) is 0 Å². The quantitative estimate of drug-likeness (QED) is 0.270. The van der Waals surface area contributed by atoms with E-state index in [0.717, 1.165) is 31.5 Å². The second-order valence-electron chi connectivity index (χ2n) is 8.04. The Labute approximate surface area is 186 Å². The Bertz CT molecular complexity index is 680. The first kappa shape index (κ1) is 27.2. The summed E-state index contributed by atoms with van der Waals surface area (Å²) in [6.07, 6.45) is 18.2. The number of aromatic nitrogens is 4. The van der Waals surface area contributed by atoms with Crippen LogP contribution in [0.25, 0.3) is 0 Å². The number of carbonyl (C=O) groups excluding carboxylic acids is 2. The molecule has 1 aromatic heterocycles. The number of carbonyl (C=O) groups is 1. The molecule has 0 atom stereocenters. The van der Waals surface area contributed by atoms with E-state index < -0.39 is 15.9 Å². The largest absolute Gasteiger partial charge is 0.291 e. The van der Waals surface area contributed by atoms with Gasteiger partial charge in [-0.25, -0.2) is 13.5 Å². The maximum atomic E-state index is 11.7. The third kappa shape index (κ3) is 16.5. The second-order valence-corrected chi connectivity index (χ2v) is 9.88. The molecule has 1 aromatic rings. The van der Waals surface area contributed by atoms with Crippen molar-refractivity contribution in [1.82, 2.24) is 25.3 Å². The molecule has 10 heteroatoms. The first-order valence-corrected chi connectivity index (χ1v) is 13.3. The van der Waals surface area contributed by atoms with E-state index in [1.165, 1.54) is 57.8 Å². The van der Waals surface area contributed by atoms with Gasteiger partial charge < -0.3 is 0 Å². The van der Waals surface area contributed by atoms with Crippen LogP contribution in [0.3, 0.4) is 0 Å². The molecule has 1 heterocycles. The molecule has 177 valence electrons. The molecule has 2 N–H and O–H groups in total. The molecule has 1 amide bonds. The van der Waals surface area contributed by atoms with Crippen molar-refractivity contribution in [2.24, 2.45) is 0 Å². The van der Waals surface area contributed by atoms with Crippen LogP contribution in [0.1, 0.15) is 109 Å². The fourth-order valence-corrected chi connectivity index (χ4v) is 4.49. The Morgan fingerprint density at radius 3 is 1.90 bits per heavy atom. The Morgan fingerprint density at radius 2 is 1.39 bits per heavy atom. The van der Waals surface area contributed by atoms with E-state index >= 15 is 0 Å². The van der Waals surface area contributed by atoms with Gasteiger partial charge in [0.15, 0.2) is 6.29 Å². The molecule has 0 saturated carbocycles. The molecule has 0 spiro atoms. The van der Waals surface area contributed by atoms with Gasteiger partial charge in [-0.15, -0.1) is 5.10 Å². The molecule has 0 saturated heterocycles. The molecule has 9 nitrogen and oxygen atoms in total. The standard InChI is InChI=1S/C21H38N5O4S/c27-18-14-15-19-31(29,30)24-21(28)17-13-11-9-7-5-3-1-2-4-6-8-10-12-16-20-22-25-26-23-20/h1-17,19H2,(H,24,28)(H,22,23,25,26). The average molecular weight is 457 g/mol. The van der Waals surface area contributed by atoms with Crippen molar-refractivity contribution in [2.45, 2.75) is 109 Å². The van der Waals surface area contributed by atoms with E-state index in [-0.39, 0.29) is 25.0 Å². The zero-order chi connectivity index (χ0) is 22.6. The predicted molar refractivity (Wildman–Crippen MR) is 119 cm³/mol. The summed E-state index contributed by atoms with van der Waals surface area (Å²) < 4.78 is 25.3. The fourth-order valence-electron chi connectivity index (χ4n) is 3.42. The van der Waals surface area contributed by atoms with E-state index in [4.69, 9.17) is 0 Å². The molecule has 1 rings (SSSR count). The van der Waals surface area contributed by atoms with Gasteiger partial charge in [0.1, 0.15) is 5.82 Å². The van der Waals surface area contributed by atoms with Crippen molar-refractivity contribution in [1.29, 1.82) is 0 Å². The minimum Gasteiger partial charge on any atom is -0.291 e. The van der Waals surface area contributed by atoms with Crippen LogP contribution in [0, 0.1) is 0 Å². The van der Waals surface area contributed by atoms with E-state index in [9.17, 15) is 18.0 Å². The van der Waals surface area contributed by atoms with Gasteiger partial charge in [-0.1, -0.05) is 70.6 Å². The SMILES string of the molecule is O=[C]CCCS(=O)(=O)NC(=O)CCCCCCCCCCCCCCCc1nnn[nH]1. The number of rotatable bonds is 21. The number of hydrogen-bond donors (Lipinski definition) is 2. The van der Waals surface area contributed by atoms with Crippen LogP contribution in [0.2, 0.25) is 0 Å². The van der Waals surface area contributed by atoms with Gasteiger partial charge >= 0.3 is 0 Å². The van der Waals surface area contributed by atoms with Crippen LogP contribution in [0.4, 0.5) is 0 Å². The lowest BCUT2D eigenvalue weighted by Gasteiger charge is -2.06. The van der Waals surface area contributed by atoms with Crippen molar-refractivity contribution >= 4 is 22.2 Å². The van der Waals surface area contributed by atoms with Crippen LogP contribution in [0.15, 0.2) is 0 Å². The zero-order valence-electron chi connectivity index (χ0n) is 18.6. The molecule has 0 aliphatic carbocycles. The van der Waals surface area contributed by atoms with Crippen molar-refractivity contribution in [3.63, 3.8) is 0 Å². The molecule has 0 aliphatic rings. The van der Waals surface area contributed by atoms with Gasteiger partial charge in [0.25, 0.3) is 0 Å². The van der Waals surface area contributed by atoms with Gasteiger partial charge in [-0.05, 0) is 29.7 Å². The van der Waals surface area contributed by atoms with Gasteiger partial charge in [-0.2, -0.15) is 0 Å². The van der Waals surface area contributed by atoms with Crippen molar-refractivity contribution in [2.75, 3.05) is 5.75 Å².